The number of benzene rings is 1. The summed E-state index contributed by atoms with van der Waals surface area (Å²) in [6.45, 7) is 18.3. The van der Waals surface area contributed by atoms with Gasteiger partial charge in [0, 0.05) is 70.7 Å². The SMILES string of the molecule is CCOC(=O)C1(c2ccccc2)C(CN2CCOCC2)CN(CC(C)C)CC1CN1CCOCC1. The Labute approximate surface area is 211 Å². The molecule has 0 spiro atoms. The van der Waals surface area contributed by atoms with Crippen LogP contribution in [0, 0.1) is 17.8 Å². The molecule has 2 atom stereocenters. The van der Waals surface area contributed by atoms with Crippen LogP contribution in [0.4, 0.5) is 0 Å². The summed E-state index contributed by atoms with van der Waals surface area (Å²) in [6.07, 6.45) is 0. The monoisotopic (exact) mass is 487 g/mol. The molecule has 0 saturated carbocycles. The number of nitrogens with zero attached hydrogens (tertiary/aromatic N) is 3. The van der Waals surface area contributed by atoms with Gasteiger partial charge < -0.3 is 19.1 Å². The van der Waals surface area contributed by atoms with E-state index in [4.69, 9.17) is 14.2 Å². The molecule has 3 saturated heterocycles. The van der Waals surface area contributed by atoms with Crippen LogP contribution in [0.3, 0.4) is 0 Å². The molecule has 0 bridgehead atoms. The number of esters is 1. The second-order valence-corrected chi connectivity index (χ2v) is 10.8. The Hall–Kier alpha value is -1.51. The minimum absolute atomic E-state index is 0.0492. The van der Waals surface area contributed by atoms with Gasteiger partial charge in [0.2, 0.25) is 0 Å². The first-order valence-corrected chi connectivity index (χ1v) is 13.6. The van der Waals surface area contributed by atoms with E-state index in [0.29, 0.717) is 12.5 Å². The van der Waals surface area contributed by atoms with Crippen LogP contribution in [0.25, 0.3) is 0 Å². The summed E-state index contributed by atoms with van der Waals surface area (Å²) in [5.41, 5.74) is 0.431. The highest BCUT2D eigenvalue weighted by molar-refractivity contribution is 5.84. The Kier molecular flexibility index (Phi) is 9.59. The fourth-order valence-electron chi connectivity index (χ4n) is 6.47. The standard InChI is InChI=1S/C28H45N3O4/c1-4-35-27(32)28(24-8-6-5-7-9-24)25(19-29-10-14-33-15-11-29)21-31(18-23(2)3)22-26(28)20-30-12-16-34-17-13-30/h5-9,23,25-26H,4,10-22H2,1-3H3. The fraction of sp³-hybridized carbons (Fsp3) is 0.750. The molecular weight excluding hydrogens is 442 g/mol. The minimum Gasteiger partial charge on any atom is -0.465 e. The van der Waals surface area contributed by atoms with E-state index in [1.165, 1.54) is 0 Å². The normalized spacial score (nSPS) is 29.4. The van der Waals surface area contributed by atoms with Crippen molar-refractivity contribution in [1.29, 1.82) is 0 Å². The molecule has 1 aromatic rings. The van der Waals surface area contributed by atoms with E-state index in [1.807, 2.05) is 13.0 Å². The summed E-state index contributed by atoms with van der Waals surface area (Å²) in [4.78, 5) is 21.8. The zero-order chi connectivity index (χ0) is 24.7. The smallest absolute Gasteiger partial charge is 0.317 e. The number of hydrogen-bond acceptors (Lipinski definition) is 7. The van der Waals surface area contributed by atoms with Gasteiger partial charge in [-0.05, 0) is 18.4 Å². The van der Waals surface area contributed by atoms with Gasteiger partial charge in [-0.25, -0.2) is 0 Å². The van der Waals surface area contributed by atoms with Crippen molar-refractivity contribution >= 4 is 5.97 Å². The molecule has 3 fully saturated rings. The van der Waals surface area contributed by atoms with E-state index >= 15 is 0 Å². The molecule has 7 heteroatoms. The van der Waals surface area contributed by atoms with Crippen LogP contribution in [0.1, 0.15) is 26.3 Å². The number of piperidine rings is 1. The summed E-state index contributed by atoms with van der Waals surface area (Å²) >= 11 is 0. The summed E-state index contributed by atoms with van der Waals surface area (Å²) < 4.78 is 17.2. The van der Waals surface area contributed by atoms with Crippen LogP contribution in [0.2, 0.25) is 0 Å². The van der Waals surface area contributed by atoms with Crippen LogP contribution >= 0.6 is 0 Å². The third kappa shape index (κ3) is 6.25. The lowest BCUT2D eigenvalue weighted by Crippen LogP contribution is -2.65. The highest BCUT2D eigenvalue weighted by atomic mass is 16.5. The van der Waals surface area contributed by atoms with Crippen molar-refractivity contribution in [1.82, 2.24) is 14.7 Å². The molecule has 0 N–H and O–H groups in total. The molecule has 2 unspecified atom stereocenters. The average Bonchev–Trinajstić information content (AvgIpc) is 2.86. The van der Waals surface area contributed by atoms with Crippen LogP contribution in [0.15, 0.2) is 30.3 Å². The van der Waals surface area contributed by atoms with Gasteiger partial charge in [-0.15, -0.1) is 0 Å². The van der Waals surface area contributed by atoms with Crippen molar-refractivity contribution in [2.24, 2.45) is 17.8 Å². The van der Waals surface area contributed by atoms with Crippen molar-refractivity contribution in [2.45, 2.75) is 26.2 Å². The van der Waals surface area contributed by atoms with Gasteiger partial charge >= 0.3 is 5.97 Å². The predicted octanol–water partition coefficient (Wildman–Crippen LogP) is 2.36. The topological polar surface area (TPSA) is 54.5 Å². The molecule has 0 radical (unpaired) electrons. The first-order chi connectivity index (χ1) is 17.0. The summed E-state index contributed by atoms with van der Waals surface area (Å²) in [5.74, 6) is 0.808. The Morgan fingerprint density at radius 1 is 0.914 bits per heavy atom. The Balaban J connectivity index is 1.77. The fourth-order valence-corrected chi connectivity index (χ4v) is 6.47. The van der Waals surface area contributed by atoms with Gasteiger partial charge in [0.05, 0.1) is 33.0 Å². The van der Waals surface area contributed by atoms with Crippen LogP contribution < -0.4 is 0 Å². The zero-order valence-electron chi connectivity index (χ0n) is 22.0. The first-order valence-electron chi connectivity index (χ1n) is 13.6. The molecule has 3 aliphatic heterocycles. The Bertz CT molecular complexity index is 748. The molecule has 4 rings (SSSR count). The second-order valence-electron chi connectivity index (χ2n) is 10.8. The largest absolute Gasteiger partial charge is 0.465 e. The maximum Gasteiger partial charge on any atom is 0.317 e. The van der Waals surface area contributed by atoms with Crippen molar-refractivity contribution in [3.63, 3.8) is 0 Å². The quantitative estimate of drug-likeness (QED) is 0.496. The first kappa shape index (κ1) is 26.6. The average molecular weight is 488 g/mol. The molecule has 7 nitrogen and oxygen atoms in total. The van der Waals surface area contributed by atoms with Gasteiger partial charge in [0.25, 0.3) is 0 Å². The van der Waals surface area contributed by atoms with E-state index in [0.717, 1.165) is 90.9 Å². The number of carbonyl (C=O) groups excluding carboxylic acids is 1. The van der Waals surface area contributed by atoms with Crippen LogP contribution in [0.5, 0.6) is 0 Å². The molecule has 0 aromatic heterocycles. The van der Waals surface area contributed by atoms with Gasteiger partial charge in [0.15, 0.2) is 0 Å². The molecule has 0 amide bonds. The summed E-state index contributed by atoms with van der Waals surface area (Å²) in [5, 5.41) is 0. The third-order valence-corrected chi connectivity index (χ3v) is 7.90. The minimum atomic E-state index is -0.679. The molecule has 0 aliphatic carbocycles. The maximum atomic E-state index is 14.2. The van der Waals surface area contributed by atoms with Gasteiger partial charge in [-0.3, -0.25) is 14.6 Å². The number of likely N-dealkylation sites (tertiary alicyclic amines) is 1. The Morgan fingerprint density at radius 3 is 1.89 bits per heavy atom. The highest BCUT2D eigenvalue weighted by Crippen LogP contribution is 2.46. The van der Waals surface area contributed by atoms with Crippen molar-refractivity contribution in [3.05, 3.63) is 35.9 Å². The molecule has 1 aromatic carbocycles. The van der Waals surface area contributed by atoms with E-state index in [2.05, 4.69) is 52.8 Å². The number of morpholine rings is 2. The van der Waals surface area contributed by atoms with Gasteiger partial charge in [-0.1, -0.05) is 44.2 Å². The maximum absolute atomic E-state index is 14.2. The number of carbonyl (C=O) groups is 1. The molecular formula is C28H45N3O4. The van der Waals surface area contributed by atoms with Crippen molar-refractivity contribution in [3.8, 4) is 0 Å². The van der Waals surface area contributed by atoms with Gasteiger partial charge in [0.1, 0.15) is 5.41 Å². The van der Waals surface area contributed by atoms with E-state index in [9.17, 15) is 4.79 Å². The van der Waals surface area contributed by atoms with Crippen LogP contribution in [-0.4, -0.2) is 113 Å². The zero-order valence-corrected chi connectivity index (χ0v) is 22.0. The molecule has 3 heterocycles. The molecule has 3 aliphatic rings. The Morgan fingerprint density at radius 2 is 1.43 bits per heavy atom. The second kappa shape index (κ2) is 12.6. The lowest BCUT2D eigenvalue weighted by atomic mass is 9.59. The van der Waals surface area contributed by atoms with Crippen molar-refractivity contribution in [2.75, 3.05) is 91.9 Å². The van der Waals surface area contributed by atoms with E-state index < -0.39 is 5.41 Å². The predicted molar refractivity (Wildman–Crippen MR) is 138 cm³/mol. The lowest BCUT2D eigenvalue weighted by Gasteiger charge is -2.54. The molecule has 35 heavy (non-hydrogen) atoms. The van der Waals surface area contributed by atoms with Crippen molar-refractivity contribution < 1.29 is 19.0 Å². The summed E-state index contributed by atoms with van der Waals surface area (Å²) in [7, 11) is 0. The number of hydrogen-bond donors (Lipinski definition) is 0. The van der Waals surface area contributed by atoms with E-state index in [1.54, 1.807) is 0 Å². The number of ether oxygens (including phenoxy) is 3. The van der Waals surface area contributed by atoms with Gasteiger partial charge in [-0.2, -0.15) is 0 Å². The molecule has 196 valence electrons. The number of rotatable bonds is 9. The van der Waals surface area contributed by atoms with Crippen LogP contribution in [-0.2, 0) is 24.4 Å². The third-order valence-electron chi connectivity index (χ3n) is 7.90. The van der Waals surface area contributed by atoms with E-state index in [-0.39, 0.29) is 17.8 Å². The lowest BCUT2D eigenvalue weighted by molar-refractivity contribution is -0.162. The summed E-state index contributed by atoms with van der Waals surface area (Å²) in [6, 6.07) is 10.5. The highest BCUT2D eigenvalue weighted by Gasteiger charge is 2.57.